The number of rotatable bonds is 4. The van der Waals surface area contributed by atoms with Crippen LogP contribution in [-0.4, -0.2) is 52.5 Å². The molecule has 2 aliphatic rings. The van der Waals surface area contributed by atoms with E-state index >= 15 is 0 Å². The van der Waals surface area contributed by atoms with Crippen LogP contribution >= 0.6 is 0 Å². The van der Waals surface area contributed by atoms with E-state index in [9.17, 15) is 9.59 Å². The molecule has 0 radical (unpaired) electrons. The quantitative estimate of drug-likeness (QED) is 0.853. The molecule has 0 saturated carbocycles. The Morgan fingerprint density at radius 2 is 1.92 bits per heavy atom. The lowest BCUT2D eigenvalue weighted by atomic mass is 10.0. The van der Waals surface area contributed by atoms with E-state index in [4.69, 9.17) is 4.42 Å². The average Bonchev–Trinajstić information content (AvgIpc) is 3.30. The molecule has 0 unspecified atom stereocenters. The molecule has 1 aromatic carbocycles. The fraction of sp³-hybridized carbons (Fsp3) is 0.579. The van der Waals surface area contributed by atoms with Gasteiger partial charge in [0.1, 0.15) is 0 Å². The first-order chi connectivity index (χ1) is 12.1. The van der Waals surface area contributed by atoms with Crippen LogP contribution in [0.4, 0.5) is 0 Å². The number of para-hydroxylation sites is 2. The SMILES string of the molecule is CN1CCC[C@H]1[C@H]1CCCN1C(=O)CCn1c(=O)oc2ccccc21. The highest BCUT2D eigenvalue weighted by Gasteiger charge is 2.38. The third kappa shape index (κ3) is 2.99. The largest absolute Gasteiger partial charge is 0.419 e. The van der Waals surface area contributed by atoms with Gasteiger partial charge in [0, 0.05) is 31.6 Å². The first-order valence-corrected chi connectivity index (χ1v) is 9.23. The first kappa shape index (κ1) is 16.4. The fourth-order valence-electron chi connectivity index (χ4n) is 4.50. The van der Waals surface area contributed by atoms with Crippen molar-refractivity contribution < 1.29 is 9.21 Å². The molecule has 3 heterocycles. The highest BCUT2D eigenvalue weighted by atomic mass is 16.4. The number of likely N-dealkylation sites (N-methyl/N-ethyl adjacent to an activating group) is 1. The molecule has 0 bridgehead atoms. The highest BCUT2D eigenvalue weighted by Crippen LogP contribution is 2.29. The van der Waals surface area contributed by atoms with Crippen molar-refractivity contribution in [3.8, 4) is 0 Å². The second kappa shape index (κ2) is 6.67. The van der Waals surface area contributed by atoms with E-state index in [-0.39, 0.29) is 11.7 Å². The van der Waals surface area contributed by atoms with Crippen molar-refractivity contribution >= 4 is 17.0 Å². The molecule has 2 aromatic rings. The van der Waals surface area contributed by atoms with Gasteiger partial charge in [0.2, 0.25) is 5.91 Å². The van der Waals surface area contributed by atoms with Crippen molar-refractivity contribution in [2.75, 3.05) is 20.1 Å². The van der Waals surface area contributed by atoms with Crippen LogP contribution in [0.1, 0.15) is 32.1 Å². The molecule has 2 aliphatic heterocycles. The summed E-state index contributed by atoms with van der Waals surface area (Å²) >= 11 is 0. The Morgan fingerprint density at radius 1 is 1.16 bits per heavy atom. The Hall–Kier alpha value is -2.08. The molecule has 134 valence electrons. The molecular formula is C19H25N3O3. The lowest BCUT2D eigenvalue weighted by Gasteiger charge is -2.33. The second-order valence-corrected chi connectivity index (χ2v) is 7.22. The van der Waals surface area contributed by atoms with Crippen LogP contribution in [0, 0.1) is 0 Å². The molecule has 25 heavy (non-hydrogen) atoms. The smallest absolute Gasteiger partial charge is 0.408 e. The van der Waals surface area contributed by atoms with E-state index in [0.717, 1.165) is 31.4 Å². The minimum absolute atomic E-state index is 0.153. The number of oxazole rings is 1. The van der Waals surface area contributed by atoms with Crippen LogP contribution in [0.3, 0.4) is 0 Å². The molecule has 6 nitrogen and oxygen atoms in total. The number of carbonyl (C=O) groups excluding carboxylic acids is 1. The number of amides is 1. The minimum Gasteiger partial charge on any atom is -0.408 e. The van der Waals surface area contributed by atoms with Gasteiger partial charge in [-0.05, 0) is 51.4 Å². The molecule has 0 aliphatic carbocycles. The number of benzene rings is 1. The zero-order valence-electron chi connectivity index (χ0n) is 14.7. The number of nitrogens with zero attached hydrogens (tertiary/aromatic N) is 3. The van der Waals surface area contributed by atoms with E-state index in [1.54, 1.807) is 10.6 Å². The molecule has 2 atom stereocenters. The van der Waals surface area contributed by atoms with Crippen molar-refractivity contribution in [2.45, 2.75) is 50.7 Å². The number of fused-ring (bicyclic) bond motifs is 1. The number of hydrogen-bond acceptors (Lipinski definition) is 4. The number of carbonyl (C=O) groups is 1. The fourth-order valence-corrected chi connectivity index (χ4v) is 4.50. The van der Waals surface area contributed by atoms with Crippen LogP contribution in [0.5, 0.6) is 0 Å². The van der Waals surface area contributed by atoms with Crippen LogP contribution < -0.4 is 5.76 Å². The number of likely N-dealkylation sites (tertiary alicyclic amines) is 2. The monoisotopic (exact) mass is 343 g/mol. The topological polar surface area (TPSA) is 58.7 Å². The Morgan fingerprint density at radius 3 is 2.72 bits per heavy atom. The summed E-state index contributed by atoms with van der Waals surface area (Å²) in [4.78, 5) is 29.3. The average molecular weight is 343 g/mol. The van der Waals surface area contributed by atoms with Gasteiger partial charge in [-0.15, -0.1) is 0 Å². The van der Waals surface area contributed by atoms with Gasteiger partial charge in [-0.2, -0.15) is 0 Å². The Balaban J connectivity index is 1.46. The Kier molecular flexibility index (Phi) is 4.37. The van der Waals surface area contributed by atoms with Gasteiger partial charge in [-0.25, -0.2) is 4.79 Å². The molecular weight excluding hydrogens is 318 g/mol. The van der Waals surface area contributed by atoms with Crippen molar-refractivity contribution in [1.82, 2.24) is 14.4 Å². The van der Waals surface area contributed by atoms with E-state index in [1.807, 2.05) is 18.2 Å². The predicted octanol–water partition coefficient (Wildman–Crippen LogP) is 2.07. The highest BCUT2D eigenvalue weighted by molar-refractivity contribution is 5.77. The summed E-state index contributed by atoms with van der Waals surface area (Å²) in [6, 6.07) is 8.18. The third-order valence-electron chi connectivity index (χ3n) is 5.76. The van der Waals surface area contributed by atoms with Crippen LogP contribution in [0.2, 0.25) is 0 Å². The van der Waals surface area contributed by atoms with Gasteiger partial charge in [0.25, 0.3) is 0 Å². The molecule has 4 rings (SSSR count). The lowest BCUT2D eigenvalue weighted by molar-refractivity contribution is -0.133. The van der Waals surface area contributed by atoms with Crippen molar-refractivity contribution in [3.63, 3.8) is 0 Å². The Bertz CT molecular complexity index is 825. The predicted molar refractivity (Wildman–Crippen MR) is 95.5 cm³/mol. The number of aryl methyl sites for hydroxylation is 1. The third-order valence-corrected chi connectivity index (χ3v) is 5.76. The number of hydrogen-bond donors (Lipinski definition) is 0. The summed E-state index contributed by atoms with van der Waals surface area (Å²) < 4.78 is 6.82. The maximum atomic E-state index is 12.8. The molecule has 0 N–H and O–H groups in total. The van der Waals surface area contributed by atoms with E-state index in [1.165, 1.54) is 12.8 Å². The zero-order chi connectivity index (χ0) is 17.4. The zero-order valence-corrected chi connectivity index (χ0v) is 14.7. The van der Waals surface area contributed by atoms with Crippen molar-refractivity contribution in [1.29, 1.82) is 0 Å². The van der Waals surface area contributed by atoms with Crippen LogP contribution in [0.15, 0.2) is 33.5 Å². The summed E-state index contributed by atoms with van der Waals surface area (Å²) in [5.41, 5.74) is 1.33. The summed E-state index contributed by atoms with van der Waals surface area (Å²) in [6.45, 7) is 2.34. The van der Waals surface area contributed by atoms with Gasteiger partial charge in [0.05, 0.1) is 5.52 Å². The van der Waals surface area contributed by atoms with Crippen LogP contribution in [0.25, 0.3) is 11.1 Å². The van der Waals surface area contributed by atoms with E-state index in [0.29, 0.717) is 30.6 Å². The lowest BCUT2D eigenvalue weighted by Crippen LogP contribution is -2.47. The summed E-state index contributed by atoms with van der Waals surface area (Å²) in [7, 11) is 2.16. The molecule has 1 amide bonds. The van der Waals surface area contributed by atoms with Gasteiger partial charge in [-0.3, -0.25) is 9.36 Å². The molecule has 6 heteroatoms. The van der Waals surface area contributed by atoms with Crippen molar-refractivity contribution in [2.24, 2.45) is 0 Å². The van der Waals surface area contributed by atoms with Gasteiger partial charge in [-0.1, -0.05) is 12.1 Å². The summed E-state index contributed by atoms with van der Waals surface area (Å²) in [6.07, 6.45) is 4.91. The maximum Gasteiger partial charge on any atom is 0.419 e. The second-order valence-electron chi connectivity index (χ2n) is 7.22. The van der Waals surface area contributed by atoms with Crippen LogP contribution in [-0.2, 0) is 11.3 Å². The molecule has 2 fully saturated rings. The summed E-state index contributed by atoms with van der Waals surface area (Å²) in [5.74, 6) is -0.234. The van der Waals surface area contributed by atoms with E-state index < -0.39 is 0 Å². The first-order valence-electron chi connectivity index (χ1n) is 9.23. The molecule has 2 saturated heterocycles. The molecule has 1 aromatic heterocycles. The summed E-state index contributed by atoms with van der Waals surface area (Å²) in [5, 5.41) is 0. The Labute approximate surface area is 147 Å². The van der Waals surface area contributed by atoms with Crippen molar-refractivity contribution in [3.05, 3.63) is 34.8 Å². The maximum absolute atomic E-state index is 12.8. The molecule has 0 spiro atoms. The van der Waals surface area contributed by atoms with Gasteiger partial charge < -0.3 is 14.2 Å². The number of aromatic nitrogens is 1. The standard InChI is InChI=1S/C19H25N3O3/c1-20-11-4-7-14(20)15-8-5-12-21(15)18(23)10-13-22-16-6-2-3-9-17(16)25-19(22)24/h2-3,6,9,14-15H,4-5,7-8,10-13H2,1H3/t14-,15+/m0/s1. The van der Waals surface area contributed by atoms with Gasteiger partial charge >= 0.3 is 5.76 Å². The van der Waals surface area contributed by atoms with E-state index in [2.05, 4.69) is 16.8 Å². The minimum atomic E-state index is -0.387. The van der Waals surface area contributed by atoms with Gasteiger partial charge in [0.15, 0.2) is 5.58 Å². The normalized spacial score (nSPS) is 24.4.